The van der Waals surface area contributed by atoms with Crippen LogP contribution in [0.4, 0.5) is 8.78 Å². The molecule has 0 aromatic carbocycles. The zero-order valence-electron chi connectivity index (χ0n) is 8.41. The third-order valence-electron chi connectivity index (χ3n) is 1.82. The third-order valence-corrected chi connectivity index (χ3v) is 1.82. The number of halogens is 2. The molecule has 16 heavy (non-hydrogen) atoms. The van der Waals surface area contributed by atoms with Crippen LogP contribution in [-0.4, -0.2) is 17.6 Å². The molecular formula is C10H8F2N2O2. The molecule has 84 valence electrons. The van der Waals surface area contributed by atoms with E-state index in [0.717, 1.165) is 12.4 Å². The van der Waals surface area contributed by atoms with Crippen LogP contribution >= 0.6 is 0 Å². The number of carbonyl (C=O) groups is 1. The molecule has 0 spiro atoms. The Morgan fingerprint density at radius 2 is 2.31 bits per heavy atom. The predicted molar refractivity (Wildman–Crippen MR) is 49.9 cm³/mol. The van der Waals surface area contributed by atoms with Gasteiger partial charge in [0, 0.05) is 12.4 Å². The molecule has 0 aliphatic heterocycles. The minimum Gasteiger partial charge on any atom is -0.462 e. The molecule has 1 aromatic heterocycles. The Morgan fingerprint density at radius 3 is 2.81 bits per heavy atom. The van der Waals surface area contributed by atoms with Crippen molar-refractivity contribution in [3.63, 3.8) is 0 Å². The summed E-state index contributed by atoms with van der Waals surface area (Å²) >= 11 is 0. The van der Waals surface area contributed by atoms with Crippen molar-refractivity contribution in [3.8, 4) is 6.07 Å². The Labute approximate surface area is 90.5 Å². The molecule has 1 aromatic rings. The van der Waals surface area contributed by atoms with Gasteiger partial charge in [0.1, 0.15) is 6.07 Å². The summed E-state index contributed by atoms with van der Waals surface area (Å²) in [5, 5.41) is 8.63. The van der Waals surface area contributed by atoms with E-state index in [1.165, 1.54) is 0 Å². The maximum absolute atomic E-state index is 12.7. The number of rotatable bonds is 3. The molecule has 0 bridgehead atoms. The third kappa shape index (κ3) is 2.31. The van der Waals surface area contributed by atoms with Crippen molar-refractivity contribution < 1.29 is 18.3 Å². The lowest BCUT2D eigenvalue weighted by Crippen LogP contribution is -2.10. The molecule has 0 radical (unpaired) electrons. The van der Waals surface area contributed by atoms with Crippen molar-refractivity contribution in [3.05, 3.63) is 29.1 Å². The van der Waals surface area contributed by atoms with Gasteiger partial charge in [0.05, 0.1) is 23.3 Å². The molecule has 1 heterocycles. The Hall–Kier alpha value is -2.03. The molecule has 0 fully saturated rings. The minimum absolute atomic E-state index is 0.0678. The van der Waals surface area contributed by atoms with E-state index in [4.69, 9.17) is 5.26 Å². The first-order chi connectivity index (χ1) is 7.61. The Balaban J connectivity index is 3.29. The van der Waals surface area contributed by atoms with E-state index in [1.54, 1.807) is 13.0 Å². The van der Waals surface area contributed by atoms with Gasteiger partial charge >= 0.3 is 5.97 Å². The molecule has 0 aliphatic rings. The first-order valence-corrected chi connectivity index (χ1v) is 4.45. The van der Waals surface area contributed by atoms with Gasteiger partial charge < -0.3 is 4.74 Å². The molecule has 0 aliphatic carbocycles. The minimum atomic E-state index is -2.92. The van der Waals surface area contributed by atoms with Crippen molar-refractivity contribution in [2.24, 2.45) is 0 Å². The number of hydrogen-bond donors (Lipinski definition) is 0. The van der Waals surface area contributed by atoms with E-state index in [0.29, 0.717) is 0 Å². The van der Waals surface area contributed by atoms with Crippen LogP contribution in [0.1, 0.15) is 34.8 Å². The van der Waals surface area contributed by atoms with E-state index < -0.39 is 18.0 Å². The van der Waals surface area contributed by atoms with E-state index in [-0.39, 0.29) is 17.7 Å². The van der Waals surface area contributed by atoms with E-state index in [1.807, 2.05) is 0 Å². The quantitative estimate of drug-likeness (QED) is 0.740. The summed E-state index contributed by atoms with van der Waals surface area (Å²) in [5.74, 6) is -0.901. The van der Waals surface area contributed by atoms with Gasteiger partial charge in [-0.15, -0.1) is 0 Å². The SMILES string of the molecule is CCOC(=O)c1cncc(C#N)c1C(F)F. The second-order valence-corrected chi connectivity index (χ2v) is 2.78. The average molecular weight is 226 g/mol. The highest BCUT2D eigenvalue weighted by molar-refractivity contribution is 5.91. The highest BCUT2D eigenvalue weighted by Gasteiger charge is 2.23. The monoisotopic (exact) mass is 226 g/mol. The van der Waals surface area contributed by atoms with Crippen molar-refractivity contribution in [2.75, 3.05) is 6.61 Å². The number of ether oxygens (including phenoxy) is 1. The Kier molecular flexibility index (Phi) is 3.89. The van der Waals surface area contributed by atoms with E-state index in [2.05, 4.69) is 9.72 Å². The molecular weight excluding hydrogens is 218 g/mol. The van der Waals surface area contributed by atoms with Crippen LogP contribution in [0, 0.1) is 11.3 Å². The van der Waals surface area contributed by atoms with Crippen LogP contribution in [0.2, 0.25) is 0 Å². The first kappa shape index (κ1) is 12.0. The summed E-state index contributed by atoms with van der Waals surface area (Å²) in [4.78, 5) is 14.9. The van der Waals surface area contributed by atoms with Gasteiger partial charge in [-0.3, -0.25) is 4.98 Å². The van der Waals surface area contributed by atoms with E-state index >= 15 is 0 Å². The van der Waals surface area contributed by atoms with Gasteiger partial charge in [0.25, 0.3) is 6.43 Å². The Morgan fingerprint density at radius 1 is 1.62 bits per heavy atom. The van der Waals surface area contributed by atoms with Crippen LogP contribution in [0.15, 0.2) is 12.4 Å². The van der Waals surface area contributed by atoms with Gasteiger partial charge in [0.15, 0.2) is 0 Å². The maximum Gasteiger partial charge on any atom is 0.340 e. The summed E-state index contributed by atoms with van der Waals surface area (Å²) in [7, 11) is 0. The van der Waals surface area contributed by atoms with Crippen LogP contribution in [-0.2, 0) is 4.74 Å². The molecule has 1 rings (SSSR count). The highest BCUT2D eigenvalue weighted by Crippen LogP contribution is 2.26. The van der Waals surface area contributed by atoms with Gasteiger partial charge in [-0.1, -0.05) is 0 Å². The Bertz CT molecular complexity index is 441. The summed E-state index contributed by atoms with van der Waals surface area (Å²) in [6.07, 6.45) is -0.957. The fourth-order valence-corrected chi connectivity index (χ4v) is 1.17. The van der Waals surface area contributed by atoms with Gasteiger partial charge in [-0.25, -0.2) is 13.6 Å². The number of esters is 1. The largest absolute Gasteiger partial charge is 0.462 e. The molecule has 0 saturated carbocycles. The van der Waals surface area contributed by atoms with Crippen LogP contribution in [0.5, 0.6) is 0 Å². The number of pyridine rings is 1. The molecule has 4 nitrogen and oxygen atoms in total. The second kappa shape index (κ2) is 5.16. The lowest BCUT2D eigenvalue weighted by molar-refractivity contribution is 0.0514. The number of nitriles is 1. The van der Waals surface area contributed by atoms with Gasteiger partial charge in [-0.05, 0) is 6.92 Å². The van der Waals surface area contributed by atoms with Crippen molar-refractivity contribution in [1.29, 1.82) is 5.26 Å². The van der Waals surface area contributed by atoms with E-state index in [9.17, 15) is 13.6 Å². The maximum atomic E-state index is 12.7. The fourth-order valence-electron chi connectivity index (χ4n) is 1.17. The molecule has 0 unspecified atom stereocenters. The topological polar surface area (TPSA) is 63.0 Å². The van der Waals surface area contributed by atoms with Crippen molar-refractivity contribution >= 4 is 5.97 Å². The standard InChI is InChI=1S/C10H8F2N2O2/c1-2-16-10(15)7-5-14-4-6(3-13)8(7)9(11)12/h4-5,9H,2H2,1H3. The smallest absolute Gasteiger partial charge is 0.340 e. The van der Waals surface area contributed by atoms with Gasteiger partial charge in [0.2, 0.25) is 0 Å². The number of hydrogen-bond acceptors (Lipinski definition) is 4. The highest BCUT2D eigenvalue weighted by atomic mass is 19.3. The summed E-state index contributed by atoms with van der Waals surface area (Å²) in [6.45, 7) is 1.62. The van der Waals surface area contributed by atoms with Crippen molar-refractivity contribution in [1.82, 2.24) is 4.98 Å². The predicted octanol–water partition coefficient (Wildman–Crippen LogP) is 2.07. The molecule has 0 amide bonds. The number of carbonyl (C=O) groups excluding carboxylic acids is 1. The normalized spacial score (nSPS) is 9.94. The molecule has 0 N–H and O–H groups in total. The molecule has 0 atom stereocenters. The van der Waals surface area contributed by atoms with Crippen LogP contribution in [0.3, 0.4) is 0 Å². The molecule has 0 saturated heterocycles. The number of nitrogens with zero attached hydrogens (tertiary/aromatic N) is 2. The van der Waals surface area contributed by atoms with Crippen LogP contribution in [0.25, 0.3) is 0 Å². The number of aromatic nitrogens is 1. The lowest BCUT2D eigenvalue weighted by Gasteiger charge is -2.08. The van der Waals surface area contributed by atoms with Crippen molar-refractivity contribution in [2.45, 2.75) is 13.3 Å². The number of alkyl halides is 2. The zero-order chi connectivity index (χ0) is 12.1. The average Bonchev–Trinajstić information content (AvgIpc) is 2.28. The summed E-state index contributed by atoms with van der Waals surface area (Å²) < 4.78 is 30.0. The first-order valence-electron chi connectivity index (χ1n) is 4.45. The summed E-state index contributed by atoms with van der Waals surface area (Å²) in [6, 6.07) is 1.56. The van der Waals surface area contributed by atoms with Gasteiger partial charge in [-0.2, -0.15) is 5.26 Å². The zero-order valence-corrected chi connectivity index (χ0v) is 8.41. The molecule has 6 heteroatoms. The fraction of sp³-hybridized carbons (Fsp3) is 0.300. The van der Waals surface area contributed by atoms with Crippen LogP contribution < -0.4 is 0 Å². The second-order valence-electron chi connectivity index (χ2n) is 2.78. The lowest BCUT2D eigenvalue weighted by atomic mass is 10.1. The summed E-state index contributed by atoms with van der Waals surface area (Å²) in [5.41, 5.74) is -1.31.